The summed E-state index contributed by atoms with van der Waals surface area (Å²) in [5.74, 6) is 0.662. The van der Waals surface area contributed by atoms with Crippen LogP contribution in [-0.4, -0.2) is 18.6 Å². The lowest BCUT2D eigenvalue weighted by molar-refractivity contribution is -0.483. The first-order valence-corrected chi connectivity index (χ1v) is 7.89. The summed E-state index contributed by atoms with van der Waals surface area (Å²) in [6, 6.07) is 21.8. The van der Waals surface area contributed by atoms with Gasteiger partial charge in [-0.2, -0.15) is 0 Å². The fraction of sp³-hybridized carbons (Fsp3) is 0.200. The number of rotatable bonds is 6. The highest BCUT2D eigenvalue weighted by atomic mass is 16.6. The van der Waals surface area contributed by atoms with Crippen LogP contribution in [0.3, 0.4) is 0 Å². The maximum absolute atomic E-state index is 11.1. The molecule has 0 N–H and O–H groups in total. The molecule has 0 bridgehead atoms. The van der Waals surface area contributed by atoms with Gasteiger partial charge in [-0.25, -0.2) is 0 Å². The van der Waals surface area contributed by atoms with E-state index in [1.807, 2.05) is 66.7 Å². The summed E-state index contributed by atoms with van der Waals surface area (Å²) in [5, 5.41) is 13.2. The van der Waals surface area contributed by atoms with Crippen molar-refractivity contribution < 1.29 is 9.66 Å². The summed E-state index contributed by atoms with van der Waals surface area (Å²) in [4.78, 5) is 10.9. The zero-order chi connectivity index (χ0) is 16.9. The molecule has 0 spiro atoms. The molecular weight excluding hydrogens is 302 g/mol. The molecule has 4 nitrogen and oxygen atoms in total. The topological polar surface area (TPSA) is 52.4 Å². The number of nitro groups is 1. The molecule has 4 heteroatoms. The summed E-state index contributed by atoms with van der Waals surface area (Å²) in [6.45, 7) is -0.0729. The predicted molar refractivity (Wildman–Crippen MR) is 95.2 cm³/mol. The lowest BCUT2D eigenvalue weighted by Crippen LogP contribution is -2.15. The Labute approximate surface area is 140 Å². The zero-order valence-corrected chi connectivity index (χ0v) is 13.5. The normalized spacial score (nSPS) is 12.0. The number of hydrogen-bond acceptors (Lipinski definition) is 3. The van der Waals surface area contributed by atoms with Crippen LogP contribution < -0.4 is 4.74 Å². The van der Waals surface area contributed by atoms with Crippen molar-refractivity contribution in [3.63, 3.8) is 0 Å². The van der Waals surface area contributed by atoms with Crippen LogP contribution in [0.25, 0.3) is 10.8 Å². The van der Waals surface area contributed by atoms with Gasteiger partial charge in [0.1, 0.15) is 5.75 Å². The van der Waals surface area contributed by atoms with Gasteiger partial charge in [0.15, 0.2) is 0 Å². The molecule has 122 valence electrons. The first-order valence-electron chi connectivity index (χ1n) is 7.89. The average molecular weight is 321 g/mol. The van der Waals surface area contributed by atoms with Crippen molar-refractivity contribution in [1.29, 1.82) is 0 Å². The molecule has 1 atom stereocenters. The Balaban J connectivity index is 1.94. The minimum Gasteiger partial charge on any atom is -0.497 e. The minimum absolute atomic E-state index is 0.0729. The molecule has 0 saturated carbocycles. The maximum atomic E-state index is 11.1. The highest BCUT2D eigenvalue weighted by molar-refractivity contribution is 5.84. The van der Waals surface area contributed by atoms with Crippen LogP contribution in [0, 0.1) is 10.1 Å². The van der Waals surface area contributed by atoms with Gasteiger partial charge in [-0.3, -0.25) is 10.1 Å². The Kier molecular flexibility index (Phi) is 4.75. The first kappa shape index (κ1) is 16.0. The summed E-state index contributed by atoms with van der Waals surface area (Å²) in [5.41, 5.74) is 2.10. The average Bonchev–Trinajstić information content (AvgIpc) is 2.60. The van der Waals surface area contributed by atoms with Gasteiger partial charge in [0.2, 0.25) is 6.54 Å². The highest BCUT2D eigenvalue weighted by Crippen LogP contribution is 2.27. The van der Waals surface area contributed by atoms with E-state index in [0.717, 1.165) is 27.6 Å². The monoisotopic (exact) mass is 321 g/mol. The van der Waals surface area contributed by atoms with Gasteiger partial charge < -0.3 is 4.74 Å². The Bertz CT molecular complexity index is 846. The summed E-state index contributed by atoms with van der Waals surface area (Å²) < 4.78 is 5.24. The van der Waals surface area contributed by atoms with Gasteiger partial charge in [-0.15, -0.1) is 0 Å². The van der Waals surface area contributed by atoms with Crippen molar-refractivity contribution in [3.05, 3.63) is 88.0 Å². The minimum atomic E-state index is -0.230. The van der Waals surface area contributed by atoms with Gasteiger partial charge in [0, 0.05) is 4.92 Å². The molecule has 0 fully saturated rings. The molecule has 0 aliphatic rings. The largest absolute Gasteiger partial charge is 0.497 e. The van der Waals surface area contributed by atoms with Crippen molar-refractivity contribution >= 4 is 10.8 Å². The standard InChI is InChI=1S/C20H19NO3/c1-24-20-10-9-16-12-17(7-8-18(16)13-20)19(14-21(22)23)11-15-5-3-2-4-6-15/h2-10,12-13,19H,11,14H2,1H3. The maximum Gasteiger partial charge on any atom is 0.210 e. The summed E-state index contributed by atoms with van der Waals surface area (Å²) in [6.07, 6.45) is 0.656. The lowest BCUT2D eigenvalue weighted by atomic mass is 9.90. The molecule has 0 saturated heterocycles. The second-order valence-electron chi connectivity index (χ2n) is 5.87. The van der Waals surface area contributed by atoms with Crippen LogP contribution in [0.5, 0.6) is 5.75 Å². The zero-order valence-electron chi connectivity index (χ0n) is 13.5. The van der Waals surface area contributed by atoms with Crippen molar-refractivity contribution in [2.75, 3.05) is 13.7 Å². The number of methoxy groups -OCH3 is 1. The van der Waals surface area contributed by atoms with Crippen molar-refractivity contribution in [2.45, 2.75) is 12.3 Å². The van der Waals surface area contributed by atoms with Crippen LogP contribution in [0.2, 0.25) is 0 Å². The van der Waals surface area contributed by atoms with Gasteiger partial charge in [0.05, 0.1) is 13.0 Å². The van der Waals surface area contributed by atoms with Crippen molar-refractivity contribution in [2.24, 2.45) is 0 Å². The molecule has 3 aromatic rings. The first-order chi connectivity index (χ1) is 11.7. The number of ether oxygens (including phenoxy) is 1. The fourth-order valence-electron chi connectivity index (χ4n) is 2.99. The molecule has 0 radical (unpaired) electrons. The van der Waals surface area contributed by atoms with Crippen LogP contribution in [0.4, 0.5) is 0 Å². The molecule has 1 unspecified atom stereocenters. The Morgan fingerprint density at radius 3 is 2.42 bits per heavy atom. The van der Waals surface area contributed by atoms with Crippen LogP contribution in [-0.2, 0) is 6.42 Å². The highest BCUT2D eigenvalue weighted by Gasteiger charge is 2.19. The molecule has 0 aliphatic heterocycles. The van der Waals surface area contributed by atoms with E-state index in [2.05, 4.69) is 0 Å². The summed E-state index contributed by atoms with van der Waals surface area (Å²) in [7, 11) is 1.64. The molecule has 3 aromatic carbocycles. The predicted octanol–water partition coefficient (Wildman–Crippen LogP) is 4.45. The van der Waals surface area contributed by atoms with Crippen molar-refractivity contribution in [1.82, 2.24) is 0 Å². The van der Waals surface area contributed by atoms with E-state index in [4.69, 9.17) is 4.74 Å². The van der Waals surface area contributed by atoms with Crippen LogP contribution in [0.1, 0.15) is 17.0 Å². The van der Waals surface area contributed by atoms with E-state index >= 15 is 0 Å². The van der Waals surface area contributed by atoms with E-state index in [-0.39, 0.29) is 17.4 Å². The van der Waals surface area contributed by atoms with E-state index in [1.165, 1.54) is 0 Å². The third-order valence-electron chi connectivity index (χ3n) is 4.24. The van der Waals surface area contributed by atoms with E-state index in [0.29, 0.717) is 6.42 Å². The number of benzene rings is 3. The molecular formula is C20H19NO3. The second-order valence-corrected chi connectivity index (χ2v) is 5.87. The number of hydrogen-bond donors (Lipinski definition) is 0. The van der Waals surface area contributed by atoms with E-state index in [9.17, 15) is 10.1 Å². The molecule has 0 aliphatic carbocycles. The molecule has 24 heavy (non-hydrogen) atoms. The van der Waals surface area contributed by atoms with Gasteiger partial charge >= 0.3 is 0 Å². The Hall–Kier alpha value is -2.88. The van der Waals surface area contributed by atoms with Gasteiger partial charge in [-0.1, -0.05) is 54.6 Å². The van der Waals surface area contributed by atoms with Gasteiger partial charge in [0.25, 0.3) is 0 Å². The Morgan fingerprint density at radius 1 is 1.00 bits per heavy atom. The van der Waals surface area contributed by atoms with Crippen LogP contribution in [0.15, 0.2) is 66.7 Å². The summed E-state index contributed by atoms with van der Waals surface area (Å²) >= 11 is 0. The second kappa shape index (κ2) is 7.13. The van der Waals surface area contributed by atoms with Crippen LogP contribution >= 0.6 is 0 Å². The van der Waals surface area contributed by atoms with E-state index < -0.39 is 0 Å². The van der Waals surface area contributed by atoms with Gasteiger partial charge in [-0.05, 0) is 40.5 Å². The smallest absolute Gasteiger partial charge is 0.210 e. The third kappa shape index (κ3) is 3.71. The van der Waals surface area contributed by atoms with Crippen molar-refractivity contribution in [3.8, 4) is 5.75 Å². The number of fused-ring (bicyclic) bond motifs is 1. The van der Waals surface area contributed by atoms with E-state index in [1.54, 1.807) is 7.11 Å². The molecule has 0 heterocycles. The number of nitrogens with zero attached hydrogens (tertiary/aromatic N) is 1. The third-order valence-corrected chi connectivity index (χ3v) is 4.24. The lowest BCUT2D eigenvalue weighted by Gasteiger charge is -2.14. The fourth-order valence-corrected chi connectivity index (χ4v) is 2.99. The molecule has 0 amide bonds. The molecule has 3 rings (SSSR count). The quantitative estimate of drug-likeness (QED) is 0.498. The molecule has 0 aromatic heterocycles. The Morgan fingerprint density at radius 2 is 1.71 bits per heavy atom. The SMILES string of the molecule is COc1ccc2cc(C(Cc3ccccc3)C[N+](=O)[O-])ccc2c1.